The molecule has 0 amide bonds. The summed E-state index contributed by atoms with van der Waals surface area (Å²) < 4.78 is 5.52. The summed E-state index contributed by atoms with van der Waals surface area (Å²) in [5.74, 6) is 0.855. The smallest absolute Gasteiger partial charge is 0.213 e. The number of hydrogen-bond donors (Lipinski definition) is 0. The van der Waals surface area contributed by atoms with E-state index < -0.39 is 0 Å². The number of nitrogens with zero attached hydrogens (tertiary/aromatic N) is 1. The van der Waals surface area contributed by atoms with Crippen LogP contribution in [-0.2, 0) is 0 Å². The second-order valence-corrected chi connectivity index (χ2v) is 4.38. The Morgan fingerprint density at radius 3 is 2.81 bits per heavy atom. The third-order valence-corrected chi connectivity index (χ3v) is 2.89. The minimum atomic E-state index is 0.0667. The molecule has 16 heavy (non-hydrogen) atoms. The lowest BCUT2D eigenvalue weighted by molar-refractivity contribution is 0.0927. The maximum Gasteiger partial charge on any atom is 0.213 e. The Morgan fingerprint density at radius 1 is 1.56 bits per heavy atom. The lowest BCUT2D eigenvalue weighted by Crippen LogP contribution is -2.10. The largest absolute Gasteiger partial charge is 0.474 e. The Labute approximate surface area is 95.8 Å². The van der Waals surface area contributed by atoms with Crippen molar-refractivity contribution >= 4 is 5.78 Å². The fourth-order valence-corrected chi connectivity index (χ4v) is 1.42. The second kappa shape index (κ2) is 4.64. The monoisotopic (exact) mass is 219 g/mol. The summed E-state index contributed by atoms with van der Waals surface area (Å²) in [5.41, 5.74) is 0.678. The molecule has 0 aliphatic heterocycles. The molecule has 1 aromatic rings. The van der Waals surface area contributed by atoms with E-state index in [9.17, 15) is 4.79 Å². The number of carbonyl (C=O) groups is 1. The maximum absolute atomic E-state index is 11.8. The van der Waals surface area contributed by atoms with Crippen LogP contribution < -0.4 is 4.74 Å². The average molecular weight is 219 g/mol. The lowest BCUT2D eigenvalue weighted by Gasteiger charge is -2.08. The first-order valence-corrected chi connectivity index (χ1v) is 5.87. The minimum Gasteiger partial charge on any atom is -0.474 e. The Morgan fingerprint density at radius 2 is 2.31 bits per heavy atom. The molecule has 0 radical (unpaired) electrons. The molecule has 3 nitrogen and oxygen atoms in total. The van der Waals surface area contributed by atoms with E-state index in [0.29, 0.717) is 17.5 Å². The van der Waals surface area contributed by atoms with Gasteiger partial charge in [-0.25, -0.2) is 4.98 Å². The minimum absolute atomic E-state index is 0.0667. The molecule has 0 aromatic carbocycles. The van der Waals surface area contributed by atoms with Crippen LogP contribution in [-0.4, -0.2) is 16.9 Å². The van der Waals surface area contributed by atoms with E-state index in [1.54, 1.807) is 18.3 Å². The van der Waals surface area contributed by atoms with Crippen LogP contribution in [0.25, 0.3) is 0 Å². The van der Waals surface area contributed by atoms with Gasteiger partial charge in [-0.05, 0) is 25.3 Å². The number of Topliss-reactive ketones (excluding diaryl/α,β-unsaturated/α-hetero) is 1. The second-order valence-electron chi connectivity index (χ2n) is 4.38. The van der Waals surface area contributed by atoms with Crippen LogP contribution in [0.2, 0.25) is 0 Å². The molecule has 0 bridgehead atoms. The molecule has 1 aromatic heterocycles. The van der Waals surface area contributed by atoms with Gasteiger partial charge in [0, 0.05) is 23.7 Å². The zero-order valence-electron chi connectivity index (χ0n) is 9.77. The molecule has 0 saturated heterocycles. The highest BCUT2D eigenvalue weighted by molar-refractivity contribution is 5.97. The predicted molar refractivity (Wildman–Crippen MR) is 61.7 cm³/mol. The number of hydrogen-bond acceptors (Lipinski definition) is 3. The van der Waals surface area contributed by atoms with Gasteiger partial charge in [0.05, 0.1) is 0 Å². The van der Waals surface area contributed by atoms with Crippen LogP contribution in [0, 0.1) is 5.92 Å². The van der Waals surface area contributed by atoms with Crippen molar-refractivity contribution in [3.63, 3.8) is 0 Å². The van der Waals surface area contributed by atoms with Gasteiger partial charge < -0.3 is 4.74 Å². The molecule has 86 valence electrons. The molecule has 2 rings (SSSR count). The van der Waals surface area contributed by atoms with Crippen molar-refractivity contribution in [1.29, 1.82) is 0 Å². The van der Waals surface area contributed by atoms with Gasteiger partial charge in [-0.15, -0.1) is 0 Å². The van der Waals surface area contributed by atoms with Gasteiger partial charge in [0.25, 0.3) is 0 Å². The van der Waals surface area contributed by atoms with Crippen molar-refractivity contribution in [3.8, 4) is 5.88 Å². The highest BCUT2D eigenvalue weighted by Crippen LogP contribution is 2.25. The van der Waals surface area contributed by atoms with Gasteiger partial charge in [-0.1, -0.05) is 13.8 Å². The number of carbonyl (C=O) groups excluding carboxylic acids is 1. The van der Waals surface area contributed by atoms with Gasteiger partial charge in [-0.3, -0.25) is 4.79 Å². The van der Waals surface area contributed by atoms with E-state index >= 15 is 0 Å². The topological polar surface area (TPSA) is 39.2 Å². The van der Waals surface area contributed by atoms with Crippen molar-refractivity contribution in [2.45, 2.75) is 39.2 Å². The summed E-state index contributed by atoms with van der Waals surface area (Å²) in [5, 5.41) is 0. The summed E-state index contributed by atoms with van der Waals surface area (Å²) in [4.78, 5) is 16.0. The molecule has 1 saturated carbocycles. The van der Waals surface area contributed by atoms with Gasteiger partial charge in [0.15, 0.2) is 5.78 Å². The molecule has 1 aliphatic rings. The molecule has 1 heterocycles. The van der Waals surface area contributed by atoms with Crippen molar-refractivity contribution in [2.24, 2.45) is 5.92 Å². The average Bonchev–Trinajstić information content (AvgIpc) is 3.12. The third-order valence-electron chi connectivity index (χ3n) is 2.89. The Hall–Kier alpha value is -1.38. The zero-order chi connectivity index (χ0) is 11.5. The molecule has 0 unspecified atom stereocenters. The summed E-state index contributed by atoms with van der Waals surface area (Å²) in [6.45, 7) is 3.96. The molecular weight excluding hydrogens is 202 g/mol. The molecule has 1 atom stereocenters. The van der Waals surface area contributed by atoms with Crippen molar-refractivity contribution in [3.05, 3.63) is 23.9 Å². The van der Waals surface area contributed by atoms with Gasteiger partial charge in [-0.2, -0.15) is 0 Å². The Balaban J connectivity index is 2.02. The van der Waals surface area contributed by atoms with Crippen LogP contribution in [0.4, 0.5) is 0 Å². The number of rotatable bonds is 5. The Bertz CT molecular complexity index is 368. The Kier molecular flexibility index (Phi) is 3.22. The fraction of sp³-hybridized carbons (Fsp3) is 0.538. The normalized spacial score (nSPS) is 16.9. The van der Waals surface area contributed by atoms with Crippen LogP contribution in [0.5, 0.6) is 5.88 Å². The van der Waals surface area contributed by atoms with E-state index in [2.05, 4.69) is 4.98 Å². The van der Waals surface area contributed by atoms with E-state index in [1.165, 1.54) is 0 Å². The zero-order valence-corrected chi connectivity index (χ0v) is 9.77. The lowest BCUT2D eigenvalue weighted by atomic mass is 9.99. The first-order chi connectivity index (χ1) is 7.70. The van der Waals surface area contributed by atoms with Crippen LogP contribution in [0.3, 0.4) is 0 Å². The summed E-state index contributed by atoms with van der Waals surface area (Å²) in [6, 6.07) is 3.59. The third kappa shape index (κ3) is 2.60. The van der Waals surface area contributed by atoms with E-state index in [4.69, 9.17) is 4.74 Å². The SMILES string of the molecule is CC[C@@H](C)C(=O)c1ccc(OC2CC2)nc1. The maximum atomic E-state index is 11.8. The van der Waals surface area contributed by atoms with Crippen LogP contribution in [0.15, 0.2) is 18.3 Å². The van der Waals surface area contributed by atoms with Crippen LogP contribution >= 0.6 is 0 Å². The van der Waals surface area contributed by atoms with E-state index in [1.807, 2.05) is 13.8 Å². The summed E-state index contributed by atoms with van der Waals surface area (Å²) in [7, 11) is 0. The summed E-state index contributed by atoms with van der Waals surface area (Å²) in [6.07, 6.45) is 5.07. The highest BCUT2D eigenvalue weighted by atomic mass is 16.5. The molecule has 0 spiro atoms. The number of ether oxygens (including phenoxy) is 1. The van der Waals surface area contributed by atoms with Gasteiger partial charge >= 0.3 is 0 Å². The standard InChI is InChI=1S/C13H17NO2/c1-3-9(2)13(15)10-4-7-12(14-8-10)16-11-5-6-11/h4,7-9,11H,3,5-6H2,1-2H3/t9-/m1/s1. The highest BCUT2D eigenvalue weighted by Gasteiger charge is 2.24. The number of pyridine rings is 1. The van der Waals surface area contributed by atoms with Crippen molar-refractivity contribution < 1.29 is 9.53 Å². The molecule has 0 N–H and O–H groups in total. The molecule has 3 heteroatoms. The van der Waals surface area contributed by atoms with Gasteiger partial charge in [0.2, 0.25) is 5.88 Å². The predicted octanol–water partition coefficient (Wildman–Crippen LogP) is 2.85. The van der Waals surface area contributed by atoms with E-state index in [0.717, 1.165) is 19.3 Å². The fourth-order valence-electron chi connectivity index (χ4n) is 1.42. The summed E-state index contributed by atoms with van der Waals surface area (Å²) >= 11 is 0. The van der Waals surface area contributed by atoms with Gasteiger partial charge in [0.1, 0.15) is 6.10 Å². The quantitative estimate of drug-likeness (QED) is 0.715. The molecular formula is C13H17NO2. The van der Waals surface area contributed by atoms with Crippen molar-refractivity contribution in [2.75, 3.05) is 0 Å². The first-order valence-electron chi connectivity index (χ1n) is 5.87. The number of ketones is 1. The van der Waals surface area contributed by atoms with Crippen LogP contribution in [0.1, 0.15) is 43.5 Å². The first kappa shape index (κ1) is 11.1. The molecule has 1 aliphatic carbocycles. The number of aromatic nitrogens is 1. The van der Waals surface area contributed by atoms with E-state index in [-0.39, 0.29) is 11.7 Å². The van der Waals surface area contributed by atoms with Crippen molar-refractivity contribution in [1.82, 2.24) is 4.98 Å². The molecule has 1 fully saturated rings.